The summed E-state index contributed by atoms with van der Waals surface area (Å²) in [4.78, 5) is 24.6. The van der Waals surface area contributed by atoms with Gasteiger partial charge in [0.05, 0.1) is 18.6 Å². The molecule has 2 rings (SSSR count). The molecule has 0 radical (unpaired) electrons. The summed E-state index contributed by atoms with van der Waals surface area (Å²) in [6.45, 7) is 10.6. The van der Waals surface area contributed by atoms with Crippen LogP contribution >= 0.6 is 11.3 Å². The molecule has 9 N–H and O–H groups in total. The molecule has 0 aliphatic rings. The van der Waals surface area contributed by atoms with Gasteiger partial charge in [0.2, 0.25) is 16.9 Å². The van der Waals surface area contributed by atoms with Gasteiger partial charge >= 0.3 is 5.98 Å². The van der Waals surface area contributed by atoms with Gasteiger partial charge in [-0.1, -0.05) is 48.8 Å². The number of anilines is 1. The number of aryl methyl sites for hydroxylation is 1. The summed E-state index contributed by atoms with van der Waals surface area (Å²) in [5.74, 6) is -2.56. The minimum atomic E-state index is -2.32. The van der Waals surface area contributed by atoms with Crippen LogP contribution in [-0.4, -0.2) is 28.0 Å². The van der Waals surface area contributed by atoms with E-state index < -0.39 is 11.9 Å². The number of carbonyl (C=O) groups excluding carboxylic acids is 2. The number of allylic oxidation sites excluding steroid dienone is 5. The number of nitrogens with one attached hydrogen (secondary N) is 3. The molecule has 13 heteroatoms. The molecule has 11 nitrogen and oxygen atoms in total. The summed E-state index contributed by atoms with van der Waals surface area (Å²) in [6, 6.07) is 7.79. The van der Waals surface area contributed by atoms with Gasteiger partial charge in [0.15, 0.2) is 0 Å². The normalized spacial score (nSPS) is 13.5. The first kappa shape index (κ1) is 34.7. The van der Waals surface area contributed by atoms with Crippen molar-refractivity contribution in [2.75, 3.05) is 5.32 Å². The maximum Gasteiger partial charge on any atom is 0.301 e. The van der Waals surface area contributed by atoms with Crippen molar-refractivity contribution in [3.05, 3.63) is 101 Å². The van der Waals surface area contributed by atoms with E-state index in [-0.39, 0.29) is 30.3 Å². The fraction of sp³-hybridized carbons (Fsp3) is 0.333. The molecule has 1 atom stereocenters. The third-order valence-electron chi connectivity index (χ3n) is 5.54. The standard InChI is InChI=1S/C30H41FN8O3S/c1-5-35-19-23-10-8-9-22(17-23)18-27(41)37-29-39-38-28(43-29)12-7-6-11-24(32)13-14-25(33)36-26(40)16-20(2)15-21(3)42-30(4,31)34/h5,8-10,13-15,17,35H,1-2,6-7,11-12,16,18-19,32-34H2,3-4H3,(H,36,40)(H,37,39,41)/b21-15+,24-13-,25-14+. The highest BCUT2D eigenvalue weighted by atomic mass is 32.1. The molecule has 1 aromatic heterocycles. The molecule has 0 fully saturated rings. The second kappa shape index (κ2) is 17.5. The van der Waals surface area contributed by atoms with Crippen LogP contribution in [0.5, 0.6) is 0 Å². The third-order valence-corrected chi connectivity index (χ3v) is 6.44. The van der Waals surface area contributed by atoms with Crippen LogP contribution < -0.4 is 33.2 Å². The first-order valence-electron chi connectivity index (χ1n) is 13.6. The largest absolute Gasteiger partial charge is 0.450 e. The van der Waals surface area contributed by atoms with Crippen LogP contribution in [0.4, 0.5) is 9.52 Å². The van der Waals surface area contributed by atoms with Gasteiger partial charge in [-0.25, -0.2) is 0 Å². The van der Waals surface area contributed by atoms with Gasteiger partial charge in [0, 0.05) is 25.6 Å². The van der Waals surface area contributed by atoms with Crippen LogP contribution in [0.15, 0.2) is 84.7 Å². The predicted octanol–water partition coefficient (Wildman–Crippen LogP) is 3.89. The van der Waals surface area contributed by atoms with Crippen molar-refractivity contribution < 1.29 is 18.7 Å². The number of carbonyl (C=O) groups is 2. The first-order chi connectivity index (χ1) is 20.3. The van der Waals surface area contributed by atoms with Crippen molar-refractivity contribution in [3.8, 4) is 0 Å². The lowest BCUT2D eigenvalue weighted by Gasteiger charge is -2.17. The third kappa shape index (κ3) is 15.3. The number of benzene rings is 1. The fourth-order valence-corrected chi connectivity index (χ4v) is 4.61. The van der Waals surface area contributed by atoms with E-state index in [4.69, 9.17) is 21.9 Å². The SMILES string of the molecule is C=CNCc1cccc(CC(=O)Nc2nnc(CCCC/C(N)=C/C=C(\N)NC(=O)CC(=C)/C=C(\C)OC(C)(N)F)s2)c1. The monoisotopic (exact) mass is 612 g/mol. The zero-order valence-corrected chi connectivity index (χ0v) is 25.4. The van der Waals surface area contributed by atoms with Gasteiger partial charge in [-0.15, -0.1) is 10.2 Å². The maximum absolute atomic E-state index is 13.3. The van der Waals surface area contributed by atoms with Crippen LogP contribution in [0.2, 0.25) is 0 Å². The van der Waals surface area contributed by atoms with Crippen molar-refractivity contribution in [2.45, 2.75) is 64.9 Å². The molecule has 43 heavy (non-hydrogen) atoms. The molecule has 1 unspecified atom stereocenters. The molecule has 1 heterocycles. The predicted molar refractivity (Wildman–Crippen MR) is 168 cm³/mol. The van der Waals surface area contributed by atoms with Crippen LogP contribution in [0.25, 0.3) is 0 Å². The lowest BCUT2D eigenvalue weighted by Crippen LogP contribution is -2.33. The van der Waals surface area contributed by atoms with Crippen molar-refractivity contribution in [1.29, 1.82) is 0 Å². The number of rotatable bonds is 18. The second-order valence-electron chi connectivity index (χ2n) is 9.93. The second-order valence-corrected chi connectivity index (χ2v) is 11.0. The van der Waals surface area contributed by atoms with Gasteiger partial charge in [-0.05, 0) is 67.3 Å². The lowest BCUT2D eigenvalue weighted by atomic mass is 10.1. The van der Waals surface area contributed by atoms with E-state index in [0.717, 1.165) is 35.9 Å². The number of unbranched alkanes of at least 4 members (excludes halogenated alkanes) is 1. The summed E-state index contributed by atoms with van der Waals surface area (Å²) in [5.41, 5.74) is 20.0. The molecule has 0 aliphatic heterocycles. The topological polar surface area (TPSA) is 183 Å². The molecule has 232 valence electrons. The number of alkyl halides is 1. The Balaban J connectivity index is 1.70. The Morgan fingerprint density at radius 2 is 1.91 bits per heavy atom. The van der Waals surface area contributed by atoms with Crippen LogP contribution in [-0.2, 0) is 33.7 Å². The number of hydrogen-bond donors (Lipinski definition) is 6. The number of halogens is 1. The van der Waals surface area contributed by atoms with Gasteiger partial charge in [-0.2, -0.15) is 4.39 Å². The van der Waals surface area contributed by atoms with E-state index in [0.29, 0.717) is 35.8 Å². The lowest BCUT2D eigenvalue weighted by molar-refractivity contribution is -0.119. The van der Waals surface area contributed by atoms with E-state index in [1.54, 1.807) is 12.3 Å². The minimum Gasteiger partial charge on any atom is -0.450 e. The molecule has 0 bridgehead atoms. The van der Waals surface area contributed by atoms with Gasteiger partial charge in [-0.3, -0.25) is 15.3 Å². The molecule has 0 saturated carbocycles. The molecule has 0 aliphatic carbocycles. The highest BCUT2D eigenvalue weighted by molar-refractivity contribution is 7.15. The Kier molecular flexibility index (Phi) is 14.1. The Hall–Kier alpha value is -4.49. The quantitative estimate of drug-likeness (QED) is 0.0478. The summed E-state index contributed by atoms with van der Waals surface area (Å²) in [6.07, 6.45) is 9.32. The Morgan fingerprint density at radius 1 is 1.16 bits per heavy atom. The Bertz CT molecular complexity index is 1360. The number of ether oxygens (including phenoxy) is 1. The molecular weight excluding hydrogens is 571 g/mol. The Labute approximate surface area is 255 Å². The molecule has 2 aromatic rings. The van der Waals surface area contributed by atoms with Gasteiger partial charge in [0.25, 0.3) is 0 Å². The molecule has 2 amide bonds. The Morgan fingerprint density at radius 3 is 2.63 bits per heavy atom. The highest BCUT2D eigenvalue weighted by Gasteiger charge is 2.17. The van der Waals surface area contributed by atoms with E-state index >= 15 is 0 Å². The fourth-order valence-electron chi connectivity index (χ4n) is 3.81. The van der Waals surface area contributed by atoms with E-state index in [1.807, 2.05) is 24.3 Å². The van der Waals surface area contributed by atoms with Crippen molar-refractivity contribution in [1.82, 2.24) is 20.8 Å². The highest BCUT2D eigenvalue weighted by Crippen LogP contribution is 2.19. The zero-order valence-electron chi connectivity index (χ0n) is 24.6. The van der Waals surface area contributed by atoms with E-state index in [1.165, 1.54) is 30.4 Å². The first-order valence-corrected chi connectivity index (χ1v) is 14.4. The van der Waals surface area contributed by atoms with Crippen LogP contribution in [0, 0.1) is 0 Å². The van der Waals surface area contributed by atoms with Crippen molar-refractivity contribution in [2.24, 2.45) is 17.2 Å². The summed E-state index contributed by atoms with van der Waals surface area (Å²) in [5, 5.41) is 17.9. The van der Waals surface area contributed by atoms with Gasteiger partial charge in [0.1, 0.15) is 10.8 Å². The number of nitrogens with zero attached hydrogens (tertiary/aromatic N) is 2. The summed E-state index contributed by atoms with van der Waals surface area (Å²) in [7, 11) is 0. The van der Waals surface area contributed by atoms with Crippen molar-refractivity contribution >= 4 is 28.3 Å². The minimum absolute atomic E-state index is 0.0682. The number of aromatic nitrogens is 2. The van der Waals surface area contributed by atoms with E-state index in [9.17, 15) is 14.0 Å². The smallest absolute Gasteiger partial charge is 0.301 e. The van der Waals surface area contributed by atoms with Gasteiger partial charge < -0.3 is 32.2 Å². The number of amides is 2. The zero-order chi connectivity index (χ0) is 31.8. The summed E-state index contributed by atoms with van der Waals surface area (Å²) >= 11 is 1.35. The van der Waals surface area contributed by atoms with E-state index in [2.05, 4.69) is 39.3 Å². The molecular formula is C30H41FN8O3S. The molecule has 1 aromatic carbocycles. The average molecular weight is 613 g/mol. The number of nitrogens with two attached hydrogens (primary N) is 3. The average Bonchev–Trinajstić information content (AvgIpc) is 3.34. The van der Waals surface area contributed by atoms with Crippen LogP contribution in [0.1, 0.15) is 55.7 Å². The van der Waals surface area contributed by atoms with Crippen LogP contribution in [0.3, 0.4) is 0 Å². The number of hydrogen-bond acceptors (Lipinski definition) is 10. The van der Waals surface area contributed by atoms with Crippen molar-refractivity contribution in [3.63, 3.8) is 0 Å². The molecule has 0 spiro atoms. The summed E-state index contributed by atoms with van der Waals surface area (Å²) < 4.78 is 18.2. The molecule has 0 saturated heterocycles. The maximum atomic E-state index is 13.3.